The van der Waals surface area contributed by atoms with Crippen molar-refractivity contribution < 1.29 is 14.0 Å². The second kappa shape index (κ2) is 7.78. The van der Waals surface area contributed by atoms with E-state index in [1.54, 1.807) is 17.0 Å². The van der Waals surface area contributed by atoms with Crippen molar-refractivity contribution >= 4 is 11.8 Å². The number of fused-ring (bicyclic) bond motifs is 3. The fourth-order valence-electron chi connectivity index (χ4n) is 6.36. The van der Waals surface area contributed by atoms with Crippen molar-refractivity contribution in [2.24, 2.45) is 17.1 Å². The van der Waals surface area contributed by atoms with E-state index in [0.717, 1.165) is 18.4 Å². The van der Waals surface area contributed by atoms with Gasteiger partial charge in [-0.3, -0.25) is 14.5 Å². The van der Waals surface area contributed by atoms with Gasteiger partial charge in [-0.05, 0) is 48.3 Å². The number of likely N-dealkylation sites (tertiary alicyclic amines) is 3. The van der Waals surface area contributed by atoms with Crippen LogP contribution < -0.4 is 5.73 Å². The van der Waals surface area contributed by atoms with Gasteiger partial charge in [-0.15, -0.1) is 0 Å². The number of nitrogens with two attached hydrogens (primary N) is 1. The fourth-order valence-corrected chi connectivity index (χ4v) is 6.36. The summed E-state index contributed by atoms with van der Waals surface area (Å²) in [7, 11) is 0. The van der Waals surface area contributed by atoms with Gasteiger partial charge in [-0.2, -0.15) is 5.26 Å². The number of amides is 2. The summed E-state index contributed by atoms with van der Waals surface area (Å²) < 4.78 is 13.5. The zero-order chi connectivity index (χ0) is 23.7. The SMILES string of the molecule is CC(C)(C)[C@H](c1ccc(F)cc1)N1C(=O)[C@@H]2C[C@H]1CN2C[C@H](N)C(=O)N1C2C[C@H]2C[C@H]1C#N. The van der Waals surface area contributed by atoms with Gasteiger partial charge in [0.15, 0.2) is 0 Å². The first-order valence-electron chi connectivity index (χ1n) is 11.9. The van der Waals surface area contributed by atoms with Crippen molar-refractivity contribution in [3.05, 3.63) is 35.6 Å². The number of nitriles is 1. The number of piperidine rings is 1. The zero-order valence-electron chi connectivity index (χ0n) is 19.4. The van der Waals surface area contributed by atoms with E-state index in [1.807, 2.05) is 9.80 Å². The molecule has 4 aliphatic rings. The quantitative estimate of drug-likeness (QED) is 0.736. The van der Waals surface area contributed by atoms with Gasteiger partial charge in [-0.25, -0.2) is 4.39 Å². The van der Waals surface area contributed by atoms with Crippen LogP contribution in [-0.2, 0) is 9.59 Å². The topological polar surface area (TPSA) is 93.7 Å². The Labute approximate surface area is 194 Å². The minimum Gasteiger partial charge on any atom is -0.329 e. The molecule has 2 N–H and O–H groups in total. The fraction of sp³-hybridized carbons (Fsp3) is 0.640. The standard InChI is InChI=1S/C25H32FN5O2/c1-25(2,3)22(14-4-6-16(26)7-5-14)31-18-10-21(24(31)33)29(12-18)13-19(28)23(32)30-17(11-27)8-15-9-20(15)30/h4-7,15,17-22H,8-10,12-13,28H2,1-3H3/t15-,17+,18+,19+,20?,21+,22+/m1/s1. The van der Waals surface area contributed by atoms with E-state index in [0.29, 0.717) is 25.4 Å². The number of nitrogens with zero attached hydrogens (tertiary/aromatic N) is 4. The highest BCUT2D eigenvalue weighted by Crippen LogP contribution is 2.48. The molecule has 8 heteroatoms. The number of piperazine rings is 1. The highest BCUT2D eigenvalue weighted by molar-refractivity contribution is 5.87. The van der Waals surface area contributed by atoms with Gasteiger partial charge in [0.1, 0.15) is 11.9 Å². The lowest BCUT2D eigenvalue weighted by molar-refractivity contribution is -0.143. The predicted molar refractivity (Wildman–Crippen MR) is 120 cm³/mol. The van der Waals surface area contributed by atoms with Gasteiger partial charge >= 0.3 is 0 Å². The first kappa shape index (κ1) is 22.3. The Morgan fingerprint density at radius 3 is 2.55 bits per heavy atom. The first-order chi connectivity index (χ1) is 15.6. The van der Waals surface area contributed by atoms with Crippen LogP contribution in [0.3, 0.4) is 0 Å². The molecule has 5 rings (SSSR count). The van der Waals surface area contributed by atoms with Gasteiger partial charge in [-0.1, -0.05) is 32.9 Å². The Kier molecular flexibility index (Phi) is 5.26. The molecule has 7 nitrogen and oxygen atoms in total. The van der Waals surface area contributed by atoms with Gasteiger partial charge < -0.3 is 15.5 Å². The monoisotopic (exact) mass is 453 g/mol. The van der Waals surface area contributed by atoms with Crippen LogP contribution in [-0.4, -0.2) is 69.8 Å². The maximum Gasteiger partial charge on any atom is 0.242 e. The summed E-state index contributed by atoms with van der Waals surface area (Å²) in [4.78, 5) is 32.3. The molecule has 0 radical (unpaired) electrons. The molecule has 1 aromatic carbocycles. The summed E-state index contributed by atoms with van der Waals surface area (Å²) in [5.41, 5.74) is 7.02. The summed E-state index contributed by atoms with van der Waals surface area (Å²) in [6, 6.07) is 7.30. The van der Waals surface area contributed by atoms with E-state index in [-0.39, 0.29) is 53.3 Å². The molecule has 1 saturated carbocycles. The number of benzene rings is 1. The lowest BCUT2D eigenvalue weighted by atomic mass is 9.80. The molecule has 0 aromatic heterocycles. The van der Waals surface area contributed by atoms with Crippen LogP contribution >= 0.6 is 0 Å². The van der Waals surface area contributed by atoms with E-state index in [9.17, 15) is 19.2 Å². The molecule has 2 bridgehead atoms. The molecule has 33 heavy (non-hydrogen) atoms. The third-order valence-electron chi connectivity index (χ3n) is 7.85. The molecule has 1 aliphatic carbocycles. The van der Waals surface area contributed by atoms with E-state index in [2.05, 4.69) is 26.8 Å². The summed E-state index contributed by atoms with van der Waals surface area (Å²) >= 11 is 0. The lowest BCUT2D eigenvalue weighted by Gasteiger charge is -2.45. The van der Waals surface area contributed by atoms with E-state index < -0.39 is 6.04 Å². The molecule has 0 spiro atoms. The normalized spacial score (nSPS) is 32.6. The Morgan fingerprint density at radius 1 is 1.24 bits per heavy atom. The van der Waals surface area contributed by atoms with Gasteiger partial charge in [0.25, 0.3) is 0 Å². The zero-order valence-corrected chi connectivity index (χ0v) is 19.4. The molecule has 1 aromatic rings. The molecule has 3 saturated heterocycles. The largest absolute Gasteiger partial charge is 0.329 e. The molecule has 7 atom stereocenters. The van der Waals surface area contributed by atoms with Crippen molar-refractivity contribution in [2.75, 3.05) is 13.1 Å². The number of carbonyl (C=O) groups excluding carboxylic acids is 2. The maximum absolute atomic E-state index is 13.5. The summed E-state index contributed by atoms with van der Waals surface area (Å²) in [6.45, 7) is 7.28. The van der Waals surface area contributed by atoms with Crippen LogP contribution in [0.4, 0.5) is 4.39 Å². The van der Waals surface area contributed by atoms with Gasteiger partial charge in [0.05, 0.1) is 24.2 Å². The third-order valence-corrected chi connectivity index (χ3v) is 7.85. The Morgan fingerprint density at radius 2 is 1.94 bits per heavy atom. The number of halogens is 1. The molecular formula is C25H32FN5O2. The van der Waals surface area contributed by atoms with Gasteiger partial charge in [0.2, 0.25) is 11.8 Å². The van der Waals surface area contributed by atoms with Crippen molar-refractivity contribution in [3.8, 4) is 6.07 Å². The molecule has 2 amide bonds. The summed E-state index contributed by atoms with van der Waals surface area (Å²) in [5.74, 6) is 0.0372. The third kappa shape index (κ3) is 3.71. The van der Waals surface area contributed by atoms with Crippen LogP contribution in [0.5, 0.6) is 0 Å². The average molecular weight is 454 g/mol. The van der Waals surface area contributed by atoms with Crippen molar-refractivity contribution in [1.82, 2.24) is 14.7 Å². The highest BCUT2D eigenvalue weighted by atomic mass is 19.1. The molecule has 3 heterocycles. The van der Waals surface area contributed by atoms with Gasteiger partial charge in [0, 0.05) is 25.2 Å². The summed E-state index contributed by atoms with van der Waals surface area (Å²) in [6.07, 6.45) is 2.43. The van der Waals surface area contributed by atoms with E-state index in [4.69, 9.17) is 5.73 Å². The number of rotatable bonds is 5. The molecule has 4 fully saturated rings. The van der Waals surface area contributed by atoms with Crippen molar-refractivity contribution in [3.63, 3.8) is 0 Å². The van der Waals surface area contributed by atoms with Crippen LogP contribution in [0, 0.1) is 28.5 Å². The Hall–Kier alpha value is -2.50. The second-order valence-electron chi connectivity index (χ2n) is 11.2. The number of carbonyl (C=O) groups is 2. The van der Waals surface area contributed by atoms with Crippen molar-refractivity contribution in [1.29, 1.82) is 5.26 Å². The average Bonchev–Trinajstić information content (AvgIpc) is 3.09. The molecule has 3 aliphatic heterocycles. The number of hydrogen-bond donors (Lipinski definition) is 1. The van der Waals surface area contributed by atoms with Crippen LogP contribution in [0.1, 0.15) is 51.6 Å². The first-order valence-corrected chi connectivity index (χ1v) is 11.9. The minimum atomic E-state index is -0.740. The van der Waals surface area contributed by atoms with Crippen LogP contribution in [0.25, 0.3) is 0 Å². The predicted octanol–water partition coefficient (Wildman–Crippen LogP) is 2.04. The Balaban J connectivity index is 1.29. The van der Waals surface area contributed by atoms with Crippen LogP contribution in [0.2, 0.25) is 0 Å². The highest BCUT2D eigenvalue weighted by Gasteiger charge is 2.56. The smallest absolute Gasteiger partial charge is 0.242 e. The van der Waals surface area contributed by atoms with E-state index in [1.165, 1.54) is 12.1 Å². The second-order valence-corrected chi connectivity index (χ2v) is 11.2. The minimum absolute atomic E-state index is 0.0329. The van der Waals surface area contributed by atoms with Crippen molar-refractivity contribution in [2.45, 2.75) is 76.3 Å². The molecular weight excluding hydrogens is 421 g/mol. The van der Waals surface area contributed by atoms with E-state index >= 15 is 0 Å². The van der Waals surface area contributed by atoms with Crippen LogP contribution in [0.15, 0.2) is 24.3 Å². The molecule has 176 valence electrons. The molecule has 1 unspecified atom stereocenters. The Bertz CT molecular complexity index is 1000. The number of hydrogen-bond acceptors (Lipinski definition) is 5. The summed E-state index contributed by atoms with van der Waals surface area (Å²) in [5, 5.41) is 9.40. The lowest BCUT2D eigenvalue weighted by Crippen LogP contribution is -2.58. The maximum atomic E-state index is 13.5.